The highest BCUT2D eigenvalue weighted by Crippen LogP contribution is 2.20. The number of hydrogen-bond donors (Lipinski definition) is 0. The number of anilines is 1. The van der Waals surface area contributed by atoms with Crippen molar-refractivity contribution < 1.29 is 14.3 Å². The number of carbonyl (C=O) groups excluding carboxylic acids is 2. The quantitative estimate of drug-likeness (QED) is 0.519. The van der Waals surface area contributed by atoms with Crippen molar-refractivity contribution in [2.75, 3.05) is 37.7 Å². The molecule has 6 heteroatoms. The predicted octanol–water partition coefficient (Wildman–Crippen LogP) is 4.05. The van der Waals surface area contributed by atoms with Gasteiger partial charge in [-0.1, -0.05) is 11.6 Å². The molecule has 0 bridgehead atoms. The normalized spacial score (nSPS) is 14.1. The van der Waals surface area contributed by atoms with Crippen molar-refractivity contribution in [3.8, 4) is 5.75 Å². The lowest BCUT2D eigenvalue weighted by Crippen LogP contribution is -2.48. The van der Waals surface area contributed by atoms with Gasteiger partial charge < -0.3 is 14.5 Å². The van der Waals surface area contributed by atoms with Gasteiger partial charge >= 0.3 is 0 Å². The first-order chi connectivity index (χ1) is 13.5. The summed E-state index contributed by atoms with van der Waals surface area (Å²) in [6.45, 7) is 5.13. The molecule has 0 radical (unpaired) electrons. The van der Waals surface area contributed by atoms with Crippen LogP contribution in [0.4, 0.5) is 5.69 Å². The fraction of sp³-hybridized carbons (Fsp3) is 0.364. The van der Waals surface area contributed by atoms with Crippen LogP contribution >= 0.6 is 11.6 Å². The average molecular weight is 401 g/mol. The van der Waals surface area contributed by atoms with E-state index in [-0.39, 0.29) is 11.7 Å². The van der Waals surface area contributed by atoms with Crippen LogP contribution < -0.4 is 9.64 Å². The summed E-state index contributed by atoms with van der Waals surface area (Å²) in [5.74, 6) is 0.925. The molecule has 1 fully saturated rings. The van der Waals surface area contributed by atoms with Gasteiger partial charge in [0.2, 0.25) is 5.91 Å². The molecular weight excluding hydrogens is 376 g/mol. The summed E-state index contributed by atoms with van der Waals surface area (Å²) >= 11 is 5.94. The van der Waals surface area contributed by atoms with E-state index in [4.69, 9.17) is 16.3 Å². The first-order valence-corrected chi connectivity index (χ1v) is 9.93. The number of amides is 1. The third kappa shape index (κ3) is 5.49. The molecular formula is C22H25ClN2O3. The number of rotatable bonds is 7. The van der Waals surface area contributed by atoms with Crippen LogP contribution in [0.25, 0.3) is 0 Å². The van der Waals surface area contributed by atoms with Gasteiger partial charge in [-0.25, -0.2) is 0 Å². The molecule has 3 rings (SSSR count). The van der Waals surface area contributed by atoms with E-state index in [9.17, 15) is 9.59 Å². The van der Waals surface area contributed by atoms with Crippen LogP contribution in [0.2, 0.25) is 5.02 Å². The van der Waals surface area contributed by atoms with Crippen molar-refractivity contribution in [2.24, 2.45) is 0 Å². The van der Waals surface area contributed by atoms with Crippen molar-refractivity contribution in [3.63, 3.8) is 0 Å². The number of Topliss-reactive ketones (excluding diaryl/α,β-unsaturated/α-hetero) is 1. The number of piperazine rings is 1. The van der Waals surface area contributed by atoms with E-state index in [0.717, 1.165) is 36.9 Å². The Morgan fingerprint density at radius 2 is 1.61 bits per heavy atom. The Kier molecular flexibility index (Phi) is 6.93. The van der Waals surface area contributed by atoms with Crippen molar-refractivity contribution in [3.05, 3.63) is 59.1 Å². The minimum Gasteiger partial charge on any atom is -0.494 e. The molecule has 2 aromatic rings. The number of hydrogen-bond acceptors (Lipinski definition) is 4. The molecule has 0 spiro atoms. The zero-order valence-electron chi connectivity index (χ0n) is 16.1. The summed E-state index contributed by atoms with van der Waals surface area (Å²) in [6, 6.07) is 14.9. The molecule has 1 aliphatic heterocycles. The average Bonchev–Trinajstić information content (AvgIpc) is 2.72. The van der Waals surface area contributed by atoms with Crippen LogP contribution in [0.15, 0.2) is 48.5 Å². The van der Waals surface area contributed by atoms with Gasteiger partial charge in [-0.3, -0.25) is 9.59 Å². The number of ether oxygens (including phenoxy) is 1. The van der Waals surface area contributed by atoms with Gasteiger partial charge in [0.05, 0.1) is 6.61 Å². The van der Waals surface area contributed by atoms with Crippen LogP contribution in [0, 0.1) is 0 Å². The minimum absolute atomic E-state index is 0.0355. The van der Waals surface area contributed by atoms with E-state index >= 15 is 0 Å². The summed E-state index contributed by atoms with van der Waals surface area (Å²) in [7, 11) is 0. The molecule has 0 saturated carbocycles. The SMILES string of the molecule is CC(=O)c1ccc(OCCCC(=O)N2CCN(c3ccc(Cl)cc3)CC2)cc1. The van der Waals surface area contributed by atoms with Crippen LogP contribution in [-0.2, 0) is 4.79 Å². The highest BCUT2D eigenvalue weighted by atomic mass is 35.5. The monoisotopic (exact) mass is 400 g/mol. The first-order valence-electron chi connectivity index (χ1n) is 9.55. The Labute approximate surface area is 170 Å². The minimum atomic E-state index is 0.0355. The van der Waals surface area contributed by atoms with Crippen LogP contribution in [0.1, 0.15) is 30.1 Å². The zero-order valence-corrected chi connectivity index (χ0v) is 16.8. The molecule has 5 nitrogen and oxygen atoms in total. The molecule has 28 heavy (non-hydrogen) atoms. The van der Waals surface area contributed by atoms with E-state index in [1.54, 1.807) is 24.3 Å². The number of ketones is 1. The second-order valence-corrected chi connectivity index (χ2v) is 7.31. The maximum atomic E-state index is 12.4. The molecule has 0 unspecified atom stereocenters. The topological polar surface area (TPSA) is 49.9 Å². The number of nitrogens with zero attached hydrogens (tertiary/aromatic N) is 2. The first kappa shape index (κ1) is 20.2. The predicted molar refractivity (Wildman–Crippen MR) is 111 cm³/mol. The van der Waals surface area contributed by atoms with Gasteiger partial charge in [0, 0.05) is 48.9 Å². The molecule has 0 atom stereocenters. The van der Waals surface area contributed by atoms with Crippen LogP contribution in [-0.4, -0.2) is 49.4 Å². The fourth-order valence-electron chi connectivity index (χ4n) is 3.22. The van der Waals surface area contributed by atoms with Crippen molar-refractivity contribution in [2.45, 2.75) is 19.8 Å². The third-order valence-corrected chi connectivity index (χ3v) is 5.14. The molecule has 1 heterocycles. The number of halogens is 1. The Hall–Kier alpha value is -2.53. The van der Waals surface area contributed by atoms with E-state index in [2.05, 4.69) is 4.90 Å². The highest BCUT2D eigenvalue weighted by Gasteiger charge is 2.20. The Morgan fingerprint density at radius 1 is 0.964 bits per heavy atom. The largest absolute Gasteiger partial charge is 0.494 e. The van der Waals surface area contributed by atoms with Gasteiger partial charge in [-0.05, 0) is 61.9 Å². The molecule has 1 saturated heterocycles. The lowest BCUT2D eigenvalue weighted by molar-refractivity contribution is -0.131. The highest BCUT2D eigenvalue weighted by molar-refractivity contribution is 6.30. The summed E-state index contributed by atoms with van der Waals surface area (Å²) in [5, 5.41) is 0.731. The van der Waals surface area contributed by atoms with Gasteiger partial charge in [0.15, 0.2) is 5.78 Å². The van der Waals surface area contributed by atoms with E-state index < -0.39 is 0 Å². The second kappa shape index (κ2) is 9.60. The lowest BCUT2D eigenvalue weighted by atomic mass is 10.1. The standard InChI is InChI=1S/C22H25ClN2O3/c1-17(26)18-4-10-21(11-5-18)28-16-2-3-22(27)25-14-12-24(13-15-25)20-8-6-19(23)7-9-20/h4-11H,2-3,12-16H2,1H3. The molecule has 0 N–H and O–H groups in total. The van der Waals surface area contributed by atoms with Gasteiger partial charge in [-0.2, -0.15) is 0 Å². The summed E-state index contributed by atoms with van der Waals surface area (Å²) in [4.78, 5) is 27.9. The Balaban J connectivity index is 1.36. The van der Waals surface area contributed by atoms with Crippen LogP contribution in [0.5, 0.6) is 5.75 Å². The maximum absolute atomic E-state index is 12.4. The van der Waals surface area contributed by atoms with Crippen molar-refractivity contribution in [1.82, 2.24) is 4.90 Å². The van der Waals surface area contributed by atoms with E-state index in [0.29, 0.717) is 30.8 Å². The summed E-state index contributed by atoms with van der Waals surface area (Å²) in [5.41, 5.74) is 1.81. The van der Waals surface area contributed by atoms with Crippen molar-refractivity contribution >= 4 is 29.0 Å². The molecule has 1 amide bonds. The smallest absolute Gasteiger partial charge is 0.222 e. The van der Waals surface area contributed by atoms with Crippen LogP contribution in [0.3, 0.4) is 0 Å². The fourth-order valence-corrected chi connectivity index (χ4v) is 3.35. The summed E-state index contributed by atoms with van der Waals surface area (Å²) in [6.07, 6.45) is 1.15. The molecule has 148 valence electrons. The molecule has 0 aromatic heterocycles. The number of carbonyl (C=O) groups is 2. The zero-order chi connectivity index (χ0) is 19.9. The Bertz CT molecular complexity index is 798. The summed E-state index contributed by atoms with van der Waals surface area (Å²) < 4.78 is 5.66. The molecule has 0 aliphatic carbocycles. The van der Waals surface area contributed by atoms with Gasteiger partial charge in [-0.15, -0.1) is 0 Å². The van der Waals surface area contributed by atoms with E-state index in [1.807, 2.05) is 29.2 Å². The Morgan fingerprint density at radius 3 is 2.21 bits per heavy atom. The second-order valence-electron chi connectivity index (χ2n) is 6.88. The van der Waals surface area contributed by atoms with E-state index in [1.165, 1.54) is 6.92 Å². The molecule has 1 aliphatic rings. The van der Waals surface area contributed by atoms with Gasteiger partial charge in [0.25, 0.3) is 0 Å². The number of benzene rings is 2. The maximum Gasteiger partial charge on any atom is 0.222 e. The lowest BCUT2D eigenvalue weighted by Gasteiger charge is -2.36. The molecule has 2 aromatic carbocycles. The third-order valence-electron chi connectivity index (χ3n) is 4.89. The van der Waals surface area contributed by atoms with Gasteiger partial charge in [0.1, 0.15) is 5.75 Å². The van der Waals surface area contributed by atoms with Crippen molar-refractivity contribution in [1.29, 1.82) is 0 Å².